The van der Waals surface area contributed by atoms with E-state index >= 15 is 0 Å². The fraction of sp³-hybridized carbons (Fsp3) is 0.500. The van der Waals surface area contributed by atoms with Crippen molar-refractivity contribution >= 4 is 5.91 Å². The molecule has 1 N–H and O–H groups in total. The zero-order chi connectivity index (χ0) is 22.9. The van der Waals surface area contributed by atoms with Gasteiger partial charge in [-0.05, 0) is 52.0 Å². The van der Waals surface area contributed by atoms with Crippen LogP contribution in [0.1, 0.15) is 69.0 Å². The topological polar surface area (TPSA) is 68.2 Å². The van der Waals surface area contributed by atoms with Crippen LogP contribution >= 0.6 is 0 Å². The highest BCUT2D eigenvalue weighted by Crippen LogP contribution is 2.46. The molecule has 0 radical (unpaired) electrons. The molecule has 2 aliphatic rings. The molecule has 6 heteroatoms. The molecule has 0 unspecified atom stereocenters. The van der Waals surface area contributed by atoms with Crippen LogP contribution in [0.15, 0.2) is 42.5 Å². The van der Waals surface area contributed by atoms with Crippen LogP contribution in [0.3, 0.4) is 0 Å². The molecule has 4 rings (SSSR count). The summed E-state index contributed by atoms with van der Waals surface area (Å²) in [7, 11) is 0. The van der Waals surface area contributed by atoms with Gasteiger partial charge in [-0.3, -0.25) is 4.79 Å². The van der Waals surface area contributed by atoms with Crippen LogP contribution in [0.2, 0.25) is 0 Å². The summed E-state index contributed by atoms with van der Waals surface area (Å²) in [6.07, 6.45) is 2.33. The zero-order valence-electron chi connectivity index (χ0n) is 19.3. The van der Waals surface area contributed by atoms with E-state index in [0.717, 1.165) is 30.6 Å². The Labute approximate surface area is 190 Å². The molecule has 1 saturated heterocycles. The Balaban J connectivity index is 1.45. The minimum atomic E-state index is -0.332. The summed E-state index contributed by atoms with van der Waals surface area (Å²) in [5.74, 6) is 1.17. The van der Waals surface area contributed by atoms with Crippen molar-refractivity contribution in [1.29, 1.82) is 0 Å². The molecule has 1 spiro atoms. The molecule has 2 aliphatic heterocycles. The fourth-order valence-corrected chi connectivity index (χ4v) is 4.62. The van der Waals surface area contributed by atoms with E-state index in [1.54, 1.807) is 12.1 Å². The molecule has 172 valence electrons. The summed E-state index contributed by atoms with van der Waals surface area (Å²) in [6.45, 7) is 9.09. The Morgan fingerprint density at radius 2 is 1.81 bits per heavy atom. The van der Waals surface area contributed by atoms with Crippen molar-refractivity contribution in [3.8, 4) is 17.2 Å². The summed E-state index contributed by atoms with van der Waals surface area (Å²) in [4.78, 5) is 14.9. The first-order valence-electron chi connectivity index (χ1n) is 11.5. The Bertz CT molecular complexity index is 962. The van der Waals surface area contributed by atoms with E-state index in [0.29, 0.717) is 24.4 Å². The summed E-state index contributed by atoms with van der Waals surface area (Å²) >= 11 is 0. The van der Waals surface area contributed by atoms with E-state index in [1.165, 1.54) is 6.07 Å². The van der Waals surface area contributed by atoms with E-state index in [-0.39, 0.29) is 35.6 Å². The van der Waals surface area contributed by atoms with Gasteiger partial charge in [-0.25, -0.2) is 0 Å². The van der Waals surface area contributed by atoms with Crippen LogP contribution in [0.25, 0.3) is 0 Å². The van der Waals surface area contributed by atoms with Crippen molar-refractivity contribution in [2.24, 2.45) is 0 Å². The van der Waals surface area contributed by atoms with Gasteiger partial charge in [-0.2, -0.15) is 0 Å². The average molecular weight is 440 g/mol. The summed E-state index contributed by atoms with van der Waals surface area (Å²) in [6, 6.07) is 12.9. The number of hydrogen-bond acceptors (Lipinski definition) is 5. The number of carbonyl (C=O) groups excluding carboxylic acids is 1. The minimum Gasteiger partial charge on any atom is -0.504 e. The maximum Gasteiger partial charge on any atom is 0.253 e. The quantitative estimate of drug-likeness (QED) is 0.702. The van der Waals surface area contributed by atoms with Gasteiger partial charge >= 0.3 is 0 Å². The largest absolute Gasteiger partial charge is 0.504 e. The van der Waals surface area contributed by atoms with Gasteiger partial charge in [0, 0.05) is 43.5 Å². The predicted octanol–water partition coefficient (Wildman–Crippen LogP) is 5.10. The second-order valence-corrected chi connectivity index (χ2v) is 9.34. The van der Waals surface area contributed by atoms with E-state index in [2.05, 4.69) is 19.9 Å². The van der Waals surface area contributed by atoms with Gasteiger partial charge in [0.25, 0.3) is 5.91 Å². The van der Waals surface area contributed by atoms with Crippen LogP contribution in [0, 0.1) is 0 Å². The van der Waals surface area contributed by atoms with Crippen LogP contribution in [0.4, 0.5) is 0 Å². The lowest BCUT2D eigenvalue weighted by Gasteiger charge is -2.47. The van der Waals surface area contributed by atoms with Crippen LogP contribution in [0.5, 0.6) is 17.2 Å². The number of aromatic hydroxyl groups is 1. The van der Waals surface area contributed by atoms with E-state index in [9.17, 15) is 9.90 Å². The number of fused-ring (bicyclic) bond motifs is 1. The van der Waals surface area contributed by atoms with Gasteiger partial charge in [-0.1, -0.05) is 18.2 Å². The molecule has 2 aromatic rings. The predicted molar refractivity (Wildman–Crippen MR) is 122 cm³/mol. The number of nitrogens with zero attached hydrogens (tertiary/aromatic N) is 1. The van der Waals surface area contributed by atoms with Gasteiger partial charge in [-0.15, -0.1) is 0 Å². The summed E-state index contributed by atoms with van der Waals surface area (Å²) in [5, 5.41) is 10.3. The molecule has 32 heavy (non-hydrogen) atoms. The molecule has 1 atom stereocenters. The maximum absolute atomic E-state index is 13.1. The molecule has 0 bridgehead atoms. The van der Waals surface area contributed by atoms with Gasteiger partial charge in [0.05, 0.1) is 18.3 Å². The number of hydrogen-bond donors (Lipinski definition) is 1. The number of para-hydroxylation sites is 1. The second kappa shape index (κ2) is 9.02. The molecular weight excluding hydrogens is 406 g/mol. The van der Waals surface area contributed by atoms with E-state index in [4.69, 9.17) is 14.2 Å². The molecule has 1 fully saturated rings. The Morgan fingerprint density at radius 1 is 1.09 bits per heavy atom. The van der Waals surface area contributed by atoms with Crippen LogP contribution in [-0.4, -0.2) is 46.8 Å². The lowest BCUT2D eigenvalue weighted by atomic mass is 9.81. The number of piperidine rings is 1. The number of amides is 1. The normalized spacial score (nSPS) is 19.7. The summed E-state index contributed by atoms with van der Waals surface area (Å²) < 4.78 is 18.3. The Morgan fingerprint density at radius 3 is 2.47 bits per heavy atom. The van der Waals surface area contributed by atoms with Crippen LogP contribution < -0.4 is 9.47 Å². The summed E-state index contributed by atoms with van der Waals surface area (Å²) in [5.41, 5.74) is 1.23. The maximum atomic E-state index is 13.1. The third-order valence-electron chi connectivity index (χ3n) is 6.12. The van der Waals surface area contributed by atoms with Gasteiger partial charge in [0.1, 0.15) is 11.4 Å². The lowest BCUT2D eigenvalue weighted by molar-refractivity contribution is -0.0872. The Kier molecular flexibility index (Phi) is 6.33. The van der Waals surface area contributed by atoms with Gasteiger partial charge < -0.3 is 24.2 Å². The molecule has 6 nitrogen and oxygen atoms in total. The number of phenolic OH excluding ortho intramolecular Hbond substituents is 1. The molecular formula is C26H33NO5. The van der Waals surface area contributed by atoms with Crippen molar-refractivity contribution < 1.29 is 24.1 Å². The van der Waals surface area contributed by atoms with Gasteiger partial charge in [0.2, 0.25) is 0 Å². The monoisotopic (exact) mass is 439 g/mol. The molecule has 0 aliphatic carbocycles. The first kappa shape index (κ1) is 22.5. The third kappa shape index (κ3) is 4.70. The zero-order valence-corrected chi connectivity index (χ0v) is 19.3. The number of likely N-dealkylation sites (tertiary alicyclic amines) is 1. The van der Waals surface area contributed by atoms with E-state index < -0.39 is 0 Å². The Hall–Kier alpha value is -2.73. The fourth-order valence-electron chi connectivity index (χ4n) is 4.62. The minimum absolute atomic E-state index is 0.00681. The third-order valence-corrected chi connectivity index (χ3v) is 6.12. The first-order chi connectivity index (χ1) is 15.3. The molecule has 1 amide bonds. The average Bonchev–Trinajstić information content (AvgIpc) is 2.74. The molecule has 2 heterocycles. The van der Waals surface area contributed by atoms with Crippen molar-refractivity contribution in [2.45, 2.75) is 70.9 Å². The second-order valence-electron chi connectivity index (χ2n) is 9.34. The highest BCUT2D eigenvalue weighted by atomic mass is 16.5. The highest BCUT2D eigenvalue weighted by molar-refractivity contribution is 5.95. The number of carbonyl (C=O) groups is 1. The van der Waals surface area contributed by atoms with Crippen molar-refractivity contribution in [1.82, 2.24) is 4.90 Å². The van der Waals surface area contributed by atoms with Gasteiger partial charge in [0.15, 0.2) is 11.5 Å². The van der Waals surface area contributed by atoms with Crippen LogP contribution in [-0.2, 0) is 4.74 Å². The van der Waals surface area contributed by atoms with E-state index in [1.807, 2.05) is 36.9 Å². The lowest BCUT2D eigenvalue weighted by Crippen LogP contribution is -2.52. The number of phenols is 1. The number of ether oxygens (including phenoxy) is 3. The van der Waals surface area contributed by atoms with Crippen molar-refractivity contribution in [3.63, 3.8) is 0 Å². The van der Waals surface area contributed by atoms with Crippen molar-refractivity contribution in [3.05, 3.63) is 53.6 Å². The standard InChI is InChI=1S/C26H33NO5/c1-17(2)30-23-10-9-19(15-21(23)28)25(29)27-13-11-26(12-14-27)16-24(31-18(3)4)20-7-5-6-8-22(20)32-26/h5-10,15,17-18,24,28H,11-14,16H2,1-4H3/t24-/m1/s1. The SMILES string of the molecule is CC(C)Oc1ccc(C(=O)N2CCC3(CC2)C[C@@H](OC(C)C)c2ccccc2O3)cc1O. The molecule has 0 saturated carbocycles. The molecule has 0 aromatic heterocycles. The first-order valence-corrected chi connectivity index (χ1v) is 11.5. The van der Waals surface area contributed by atoms with Crippen molar-refractivity contribution in [2.75, 3.05) is 13.1 Å². The smallest absolute Gasteiger partial charge is 0.253 e. The molecule has 2 aromatic carbocycles. The number of benzene rings is 2. The number of rotatable bonds is 5. The highest BCUT2D eigenvalue weighted by Gasteiger charge is 2.44.